The van der Waals surface area contributed by atoms with Crippen LogP contribution in [0.4, 0.5) is 17.5 Å². The molecule has 2 aromatic rings. The van der Waals surface area contributed by atoms with E-state index >= 15 is 0 Å². The molecule has 1 aromatic heterocycles. The van der Waals surface area contributed by atoms with Crippen LogP contribution in [0, 0.1) is 11.3 Å². The molecule has 0 saturated carbocycles. The van der Waals surface area contributed by atoms with Crippen molar-refractivity contribution >= 4 is 17.5 Å². The minimum absolute atomic E-state index is 0.597. The molecule has 0 atom stereocenters. The molecule has 2 N–H and O–H groups in total. The Labute approximate surface area is 130 Å². The molecule has 0 radical (unpaired) electrons. The molecule has 0 bridgehead atoms. The van der Waals surface area contributed by atoms with Crippen molar-refractivity contribution in [1.82, 2.24) is 14.9 Å². The highest BCUT2D eigenvalue weighted by Gasteiger charge is 2.01. The van der Waals surface area contributed by atoms with Gasteiger partial charge in [-0.2, -0.15) is 10.2 Å². The smallest absolute Gasteiger partial charge is 0.224 e. The Kier molecular flexibility index (Phi) is 5.69. The van der Waals surface area contributed by atoms with Crippen LogP contribution in [0.1, 0.15) is 12.0 Å². The van der Waals surface area contributed by atoms with Crippen LogP contribution in [0.2, 0.25) is 0 Å². The fourth-order valence-electron chi connectivity index (χ4n) is 1.92. The summed E-state index contributed by atoms with van der Waals surface area (Å²) >= 11 is 0. The van der Waals surface area contributed by atoms with Gasteiger partial charge in [0.15, 0.2) is 0 Å². The van der Waals surface area contributed by atoms with E-state index in [1.165, 1.54) is 0 Å². The van der Waals surface area contributed by atoms with Crippen molar-refractivity contribution in [2.24, 2.45) is 0 Å². The van der Waals surface area contributed by atoms with Crippen LogP contribution in [-0.2, 0) is 0 Å². The molecule has 2 rings (SSSR count). The van der Waals surface area contributed by atoms with Crippen LogP contribution >= 0.6 is 0 Å². The van der Waals surface area contributed by atoms with Gasteiger partial charge in [0.2, 0.25) is 5.95 Å². The van der Waals surface area contributed by atoms with Crippen molar-refractivity contribution in [3.63, 3.8) is 0 Å². The monoisotopic (exact) mass is 296 g/mol. The molecule has 0 spiro atoms. The molecule has 0 fully saturated rings. The molecule has 0 aliphatic carbocycles. The van der Waals surface area contributed by atoms with Crippen LogP contribution in [0.3, 0.4) is 0 Å². The normalized spacial score (nSPS) is 10.3. The molecule has 1 aromatic carbocycles. The van der Waals surface area contributed by atoms with Gasteiger partial charge < -0.3 is 15.5 Å². The van der Waals surface area contributed by atoms with Crippen molar-refractivity contribution in [2.75, 3.05) is 37.8 Å². The van der Waals surface area contributed by atoms with E-state index < -0.39 is 0 Å². The summed E-state index contributed by atoms with van der Waals surface area (Å²) in [5.41, 5.74) is 1.44. The van der Waals surface area contributed by atoms with E-state index in [0.717, 1.165) is 25.2 Å². The van der Waals surface area contributed by atoms with Gasteiger partial charge in [-0.15, -0.1) is 0 Å². The fourth-order valence-corrected chi connectivity index (χ4v) is 1.92. The molecule has 0 aliphatic heterocycles. The molecular weight excluding hydrogens is 276 g/mol. The molecular formula is C16H20N6. The van der Waals surface area contributed by atoms with Gasteiger partial charge in [-0.1, -0.05) is 6.07 Å². The molecule has 1 heterocycles. The Morgan fingerprint density at radius 2 is 2.14 bits per heavy atom. The van der Waals surface area contributed by atoms with E-state index in [9.17, 15) is 0 Å². The van der Waals surface area contributed by atoms with E-state index in [1.54, 1.807) is 24.4 Å². The number of nitrogens with one attached hydrogen (secondary N) is 2. The average molecular weight is 296 g/mol. The van der Waals surface area contributed by atoms with Crippen LogP contribution in [-0.4, -0.2) is 42.1 Å². The first-order valence-electron chi connectivity index (χ1n) is 7.16. The third kappa shape index (κ3) is 5.04. The number of rotatable bonds is 7. The number of hydrogen-bond acceptors (Lipinski definition) is 6. The molecule has 0 amide bonds. The zero-order chi connectivity index (χ0) is 15.8. The lowest BCUT2D eigenvalue weighted by Crippen LogP contribution is -2.17. The van der Waals surface area contributed by atoms with Gasteiger partial charge in [-0.05, 0) is 51.3 Å². The Balaban J connectivity index is 1.94. The number of anilines is 3. The second-order valence-electron chi connectivity index (χ2n) is 5.17. The number of hydrogen-bond donors (Lipinski definition) is 2. The Hall–Kier alpha value is -2.65. The van der Waals surface area contributed by atoms with Gasteiger partial charge in [0.1, 0.15) is 5.82 Å². The Morgan fingerprint density at radius 3 is 2.91 bits per heavy atom. The summed E-state index contributed by atoms with van der Waals surface area (Å²) < 4.78 is 0. The van der Waals surface area contributed by atoms with Crippen LogP contribution in [0.15, 0.2) is 36.5 Å². The summed E-state index contributed by atoms with van der Waals surface area (Å²) in [7, 11) is 4.10. The molecule has 6 heteroatoms. The summed E-state index contributed by atoms with van der Waals surface area (Å²) in [4.78, 5) is 10.8. The van der Waals surface area contributed by atoms with Crippen LogP contribution < -0.4 is 10.6 Å². The molecule has 0 unspecified atom stereocenters. The van der Waals surface area contributed by atoms with Crippen molar-refractivity contribution < 1.29 is 0 Å². The van der Waals surface area contributed by atoms with Crippen LogP contribution in [0.25, 0.3) is 0 Å². The summed E-state index contributed by atoms with van der Waals surface area (Å²) in [6.07, 6.45) is 2.73. The zero-order valence-corrected chi connectivity index (χ0v) is 12.9. The van der Waals surface area contributed by atoms with Gasteiger partial charge in [0.25, 0.3) is 0 Å². The lowest BCUT2D eigenvalue weighted by atomic mass is 10.2. The SMILES string of the molecule is CN(C)CCCNc1nccc(Nc2cccc(C#N)c2)n1. The lowest BCUT2D eigenvalue weighted by molar-refractivity contribution is 0.405. The predicted molar refractivity (Wildman–Crippen MR) is 88.1 cm³/mol. The first kappa shape index (κ1) is 15.7. The molecule has 0 saturated heterocycles. The molecule has 0 aliphatic rings. The van der Waals surface area contributed by atoms with E-state index in [4.69, 9.17) is 5.26 Å². The maximum atomic E-state index is 8.91. The van der Waals surface area contributed by atoms with Crippen molar-refractivity contribution in [3.8, 4) is 6.07 Å². The second-order valence-corrected chi connectivity index (χ2v) is 5.17. The van der Waals surface area contributed by atoms with Gasteiger partial charge in [-0.25, -0.2) is 4.98 Å². The van der Waals surface area contributed by atoms with Crippen molar-refractivity contribution in [3.05, 3.63) is 42.1 Å². The third-order valence-electron chi connectivity index (χ3n) is 2.98. The Bertz CT molecular complexity index is 647. The highest BCUT2D eigenvalue weighted by Crippen LogP contribution is 2.16. The maximum absolute atomic E-state index is 8.91. The van der Waals surface area contributed by atoms with Gasteiger partial charge in [0.05, 0.1) is 11.6 Å². The van der Waals surface area contributed by atoms with E-state index in [2.05, 4.69) is 45.7 Å². The van der Waals surface area contributed by atoms with Gasteiger partial charge >= 0.3 is 0 Å². The van der Waals surface area contributed by atoms with Crippen molar-refractivity contribution in [2.45, 2.75) is 6.42 Å². The first-order chi connectivity index (χ1) is 10.7. The lowest BCUT2D eigenvalue weighted by Gasteiger charge is -2.10. The van der Waals surface area contributed by atoms with Crippen molar-refractivity contribution in [1.29, 1.82) is 5.26 Å². The van der Waals surface area contributed by atoms with Gasteiger partial charge in [0, 0.05) is 18.4 Å². The van der Waals surface area contributed by atoms with E-state index in [0.29, 0.717) is 17.3 Å². The summed E-state index contributed by atoms with van der Waals surface area (Å²) in [5.74, 6) is 1.29. The molecule has 22 heavy (non-hydrogen) atoms. The van der Waals surface area contributed by atoms with Crippen LogP contribution in [0.5, 0.6) is 0 Å². The fraction of sp³-hybridized carbons (Fsp3) is 0.312. The Morgan fingerprint density at radius 1 is 1.27 bits per heavy atom. The van der Waals surface area contributed by atoms with E-state index in [1.807, 2.05) is 12.1 Å². The minimum atomic E-state index is 0.597. The minimum Gasteiger partial charge on any atom is -0.354 e. The number of nitriles is 1. The maximum Gasteiger partial charge on any atom is 0.224 e. The number of nitrogens with zero attached hydrogens (tertiary/aromatic N) is 4. The number of benzene rings is 1. The highest BCUT2D eigenvalue weighted by atomic mass is 15.1. The average Bonchev–Trinajstić information content (AvgIpc) is 2.52. The summed E-state index contributed by atoms with van der Waals surface area (Å²) in [6, 6.07) is 11.2. The zero-order valence-electron chi connectivity index (χ0n) is 12.9. The van der Waals surface area contributed by atoms with E-state index in [-0.39, 0.29) is 0 Å². The standard InChI is InChI=1S/C16H20N6/c1-22(2)10-4-8-18-16-19-9-7-15(21-16)20-14-6-3-5-13(11-14)12-17/h3,5-7,9,11H,4,8,10H2,1-2H3,(H2,18,19,20,21). The number of aromatic nitrogens is 2. The second kappa shape index (κ2) is 7.96. The first-order valence-corrected chi connectivity index (χ1v) is 7.16. The van der Waals surface area contributed by atoms with Gasteiger partial charge in [-0.3, -0.25) is 0 Å². The molecule has 114 valence electrons. The quantitative estimate of drug-likeness (QED) is 0.764. The third-order valence-corrected chi connectivity index (χ3v) is 2.98. The largest absolute Gasteiger partial charge is 0.354 e. The molecule has 6 nitrogen and oxygen atoms in total. The summed E-state index contributed by atoms with van der Waals surface area (Å²) in [6.45, 7) is 1.84. The predicted octanol–water partition coefficient (Wildman–Crippen LogP) is 2.46. The topological polar surface area (TPSA) is 76.9 Å². The highest BCUT2D eigenvalue weighted by molar-refractivity contribution is 5.59. The summed E-state index contributed by atoms with van der Waals surface area (Å²) in [5, 5.41) is 15.3.